The summed E-state index contributed by atoms with van der Waals surface area (Å²) in [6, 6.07) is 10.2. The predicted molar refractivity (Wildman–Crippen MR) is 62.2 cm³/mol. The first-order chi connectivity index (χ1) is 8.31. The van der Waals surface area contributed by atoms with Crippen LogP contribution in [0.5, 0.6) is 0 Å². The molecule has 3 unspecified atom stereocenters. The van der Waals surface area contributed by atoms with Crippen molar-refractivity contribution >= 4 is 5.97 Å². The molecule has 0 N–H and O–H groups in total. The van der Waals surface area contributed by atoms with Crippen LogP contribution in [0.2, 0.25) is 0 Å². The van der Waals surface area contributed by atoms with Crippen molar-refractivity contribution in [2.24, 2.45) is 5.92 Å². The number of carbonyl (C=O) groups is 1. The number of carbonyl (C=O) groups excluding carboxylic acids is 1. The van der Waals surface area contributed by atoms with Gasteiger partial charge in [0.15, 0.2) is 0 Å². The average Bonchev–Trinajstić information content (AvgIpc) is 2.84. The van der Waals surface area contributed by atoms with Gasteiger partial charge in [-0.15, -0.1) is 0 Å². The third-order valence-electron chi connectivity index (χ3n) is 3.63. The van der Waals surface area contributed by atoms with Crippen molar-refractivity contribution in [3.05, 3.63) is 35.9 Å². The van der Waals surface area contributed by atoms with Gasteiger partial charge in [-0.25, -0.2) is 0 Å². The van der Waals surface area contributed by atoms with E-state index in [1.165, 1.54) is 5.56 Å². The summed E-state index contributed by atoms with van der Waals surface area (Å²) >= 11 is 0. The second-order valence-corrected chi connectivity index (χ2v) is 4.88. The molecule has 90 valence electrons. The number of ether oxygens (including phenoxy) is 2. The Hall–Kier alpha value is -1.35. The molecule has 2 fully saturated rings. The van der Waals surface area contributed by atoms with Crippen molar-refractivity contribution in [3.63, 3.8) is 0 Å². The topological polar surface area (TPSA) is 35.5 Å². The Bertz CT molecular complexity index is 385. The molecule has 1 saturated carbocycles. The van der Waals surface area contributed by atoms with Crippen molar-refractivity contribution in [1.82, 2.24) is 0 Å². The standard InChI is InChI=1S/C14H16O3/c15-14-7-11-6-12(8-13(11)17-14)16-9-10-4-2-1-3-5-10/h1-5,11-13H,6-9H2. The van der Waals surface area contributed by atoms with Gasteiger partial charge in [-0.1, -0.05) is 30.3 Å². The Morgan fingerprint density at radius 3 is 2.82 bits per heavy atom. The van der Waals surface area contributed by atoms with Crippen LogP contribution in [0.3, 0.4) is 0 Å². The fourth-order valence-electron chi connectivity index (χ4n) is 2.75. The lowest BCUT2D eigenvalue weighted by Gasteiger charge is -2.12. The zero-order chi connectivity index (χ0) is 11.7. The maximum Gasteiger partial charge on any atom is 0.306 e. The number of benzene rings is 1. The largest absolute Gasteiger partial charge is 0.462 e. The molecule has 1 saturated heterocycles. The molecular weight excluding hydrogens is 216 g/mol. The molecule has 1 heterocycles. The van der Waals surface area contributed by atoms with E-state index < -0.39 is 0 Å². The fraction of sp³-hybridized carbons (Fsp3) is 0.500. The second kappa shape index (κ2) is 4.49. The van der Waals surface area contributed by atoms with Crippen LogP contribution < -0.4 is 0 Å². The Kier molecular flexibility index (Phi) is 2.85. The van der Waals surface area contributed by atoms with Gasteiger partial charge in [-0.05, 0) is 12.0 Å². The minimum Gasteiger partial charge on any atom is -0.462 e. The van der Waals surface area contributed by atoms with E-state index >= 15 is 0 Å². The molecule has 3 atom stereocenters. The normalized spacial score (nSPS) is 31.3. The van der Waals surface area contributed by atoms with Gasteiger partial charge in [-0.2, -0.15) is 0 Å². The predicted octanol–water partition coefficient (Wildman–Crippen LogP) is 2.30. The smallest absolute Gasteiger partial charge is 0.306 e. The zero-order valence-electron chi connectivity index (χ0n) is 9.67. The Morgan fingerprint density at radius 1 is 1.24 bits per heavy atom. The molecule has 0 radical (unpaired) electrons. The summed E-state index contributed by atoms with van der Waals surface area (Å²) in [4.78, 5) is 11.1. The molecule has 2 aliphatic rings. The molecule has 1 aliphatic heterocycles. The van der Waals surface area contributed by atoms with Crippen LogP contribution in [-0.2, 0) is 20.9 Å². The quantitative estimate of drug-likeness (QED) is 0.750. The summed E-state index contributed by atoms with van der Waals surface area (Å²) in [5.41, 5.74) is 1.20. The van der Waals surface area contributed by atoms with Crippen molar-refractivity contribution < 1.29 is 14.3 Å². The number of rotatable bonds is 3. The maximum atomic E-state index is 11.1. The second-order valence-electron chi connectivity index (χ2n) is 4.88. The minimum absolute atomic E-state index is 0.0403. The molecule has 0 amide bonds. The molecule has 17 heavy (non-hydrogen) atoms. The minimum atomic E-state index is -0.0403. The van der Waals surface area contributed by atoms with Crippen molar-refractivity contribution in [2.45, 2.75) is 38.1 Å². The lowest BCUT2D eigenvalue weighted by atomic mass is 10.1. The van der Waals surface area contributed by atoms with E-state index in [1.54, 1.807) is 0 Å². The molecule has 0 aromatic heterocycles. The lowest BCUT2D eigenvalue weighted by molar-refractivity contribution is -0.142. The Morgan fingerprint density at radius 2 is 2.06 bits per heavy atom. The maximum absolute atomic E-state index is 11.1. The summed E-state index contributed by atoms with van der Waals surface area (Å²) in [6.07, 6.45) is 2.77. The molecule has 1 aliphatic carbocycles. The van der Waals surface area contributed by atoms with Crippen molar-refractivity contribution in [3.8, 4) is 0 Å². The van der Waals surface area contributed by atoms with E-state index in [4.69, 9.17) is 9.47 Å². The molecule has 0 bridgehead atoms. The first kappa shape index (κ1) is 10.8. The van der Waals surface area contributed by atoms with Crippen LogP contribution in [0.4, 0.5) is 0 Å². The molecule has 1 aromatic rings. The fourth-order valence-corrected chi connectivity index (χ4v) is 2.75. The number of hydrogen-bond donors (Lipinski definition) is 0. The third-order valence-corrected chi connectivity index (χ3v) is 3.63. The van der Waals surface area contributed by atoms with E-state index in [9.17, 15) is 4.79 Å². The third kappa shape index (κ3) is 2.34. The SMILES string of the molecule is O=C1CC2CC(OCc3ccccc3)CC2O1. The van der Waals surface area contributed by atoms with E-state index in [-0.39, 0.29) is 18.2 Å². The lowest BCUT2D eigenvalue weighted by Crippen LogP contribution is -2.13. The summed E-state index contributed by atoms with van der Waals surface area (Å²) < 4.78 is 11.1. The number of hydrogen-bond acceptors (Lipinski definition) is 3. The van der Waals surface area contributed by atoms with Crippen LogP contribution in [0.1, 0.15) is 24.8 Å². The van der Waals surface area contributed by atoms with E-state index in [1.807, 2.05) is 18.2 Å². The first-order valence-electron chi connectivity index (χ1n) is 6.16. The van der Waals surface area contributed by atoms with Crippen molar-refractivity contribution in [2.75, 3.05) is 0 Å². The first-order valence-corrected chi connectivity index (χ1v) is 6.16. The Balaban J connectivity index is 1.51. The van der Waals surface area contributed by atoms with Gasteiger partial charge in [0, 0.05) is 12.3 Å². The molecule has 3 nitrogen and oxygen atoms in total. The van der Waals surface area contributed by atoms with Gasteiger partial charge in [0.2, 0.25) is 0 Å². The van der Waals surface area contributed by atoms with Crippen LogP contribution in [0.15, 0.2) is 30.3 Å². The number of fused-ring (bicyclic) bond motifs is 1. The van der Waals surface area contributed by atoms with Gasteiger partial charge in [0.25, 0.3) is 0 Å². The van der Waals surface area contributed by atoms with Crippen LogP contribution in [-0.4, -0.2) is 18.2 Å². The van der Waals surface area contributed by atoms with Crippen molar-refractivity contribution in [1.29, 1.82) is 0 Å². The summed E-state index contributed by atoms with van der Waals surface area (Å²) in [7, 11) is 0. The highest BCUT2D eigenvalue weighted by molar-refractivity contribution is 5.72. The van der Waals surface area contributed by atoms with E-state index in [0.29, 0.717) is 18.9 Å². The summed E-state index contributed by atoms with van der Waals surface area (Å²) in [6.45, 7) is 0.652. The van der Waals surface area contributed by atoms with Gasteiger partial charge < -0.3 is 9.47 Å². The Labute approximate surface area is 101 Å². The summed E-state index contributed by atoms with van der Waals surface area (Å²) in [5, 5.41) is 0. The monoisotopic (exact) mass is 232 g/mol. The molecular formula is C14H16O3. The number of esters is 1. The average molecular weight is 232 g/mol. The van der Waals surface area contributed by atoms with Crippen LogP contribution >= 0.6 is 0 Å². The zero-order valence-corrected chi connectivity index (χ0v) is 9.67. The van der Waals surface area contributed by atoms with E-state index in [2.05, 4.69) is 12.1 Å². The van der Waals surface area contributed by atoms with Gasteiger partial charge in [0.05, 0.1) is 19.1 Å². The van der Waals surface area contributed by atoms with Gasteiger partial charge in [-0.3, -0.25) is 4.79 Å². The molecule has 0 spiro atoms. The van der Waals surface area contributed by atoms with Crippen LogP contribution in [0.25, 0.3) is 0 Å². The van der Waals surface area contributed by atoms with Gasteiger partial charge in [0.1, 0.15) is 6.10 Å². The highest BCUT2D eigenvalue weighted by atomic mass is 16.6. The van der Waals surface area contributed by atoms with E-state index in [0.717, 1.165) is 12.8 Å². The molecule has 3 rings (SSSR count). The summed E-state index contributed by atoms with van der Waals surface area (Å²) in [5.74, 6) is 0.352. The molecule has 3 heteroatoms. The van der Waals surface area contributed by atoms with Crippen LogP contribution in [0, 0.1) is 5.92 Å². The highest BCUT2D eigenvalue weighted by Crippen LogP contribution is 2.38. The highest BCUT2D eigenvalue weighted by Gasteiger charge is 2.43. The molecule has 1 aromatic carbocycles. The van der Waals surface area contributed by atoms with Gasteiger partial charge >= 0.3 is 5.97 Å².